The van der Waals surface area contributed by atoms with E-state index in [0.717, 1.165) is 0 Å². The molecule has 0 aliphatic heterocycles. The fourth-order valence-corrected chi connectivity index (χ4v) is 1.44. The van der Waals surface area contributed by atoms with Gasteiger partial charge in [-0.3, -0.25) is 4.98 Å². The monoisotopic (exact) mass is 259 g/mol. The fraction of sp³-hybridized carbons (Fsp3) is 0.154. The molecule has 0 spiro atoms. The average Bonchev–Trinajstić information content (AvgIpc) is 2.42. The number of anilines is 1. The predicted molar refractivity (Wildman–Crippen MR) is 68.9 cm³/mol. The Hall–Kier alpha value is -2.63. The fourth-order valence-electron chi connectivity index (χ4n) is 1.44. The summed E-state index contributed by atoms with van der Waals surface area (Å²) in [6.45, 7) is 2.00. The van der Waals surface area contributed by atoms with Gasteiger partial charge in [0.15, 0.2) is 5.75 Å². The molecule has 0 atom stereocenters. The summed E-state index contributed by atoms with van der Waals surface area (Å²) in [4.78, 5) is 19.6. The van der Waals surface area contributed by atoms with Crippen molar-refractivity contribution >= 4 is 11.8 Å². The van der Waals surface area contributed by atoms with Crippen molar-refractivity contribution in [3.63, 3.8) is 0 Å². The van der Waals surface area contributed by atoms with E-state index in [1.54, 1.807) is 25.3 Å². The van der Waals surface area contributed by atoms with Crippen LogP contribution in [0.1, 0.15) is 17.3 Å². The molecule has 0 saturated carbocycles. The van der Waals surface area contributed by atoms with Crippen LogP contribution in [-0.2, 0) is 4.74 Å². The number of nitrogen functional groups attached to an aromatic ring is 1. The summed E-state index contributed by atoms with van der Waals surface area (Å²) in [7, 11) is 0. The molecule has 6 heteroatoms. The lowest BCUT2D eigenvalue weighted by Gasteiger charge is -2.10. The number of ether oxygens (including phenoxy) is 2. The maximum Gasteiger partial charge on any atom is 0.342 e. The predicted octanol–water partition coefficient (Wildman–Crippen LogP) is 2.03. The minimum Gasteiger partial charge on any atom is -0.462 e. The van der Waals surface area contributed by atoms with Crippen LogP contribution in [0, 0.1) is 0 Å². The van der Waals surface area contributed by atoms with Crippen molar-refractivity contribution in [2.75, 3.05) is 12.3 Å². The van der Waals surface area contributed by atoms with Gasteiger partial charge in [0.25, 0.3) is 0 Å². The molecule has 2 heterocycles. The molecule has 0 radical (unpaired) electrons. The van der Waals surface area contributed by atoms with Crippen molar-refractivity contribution in [3.05, 3.63) is 42.4 Å². The molecule has 0 saturated heterocycles. The van der Waals surface area contributed by atoms with E-state index in [9.17, 15) is 4.79 Å². The van der Waals surface area contributed by atoms with E-state index in [2.05, 4.69) is 9.97 Å². The van der Waals surface area contributed by atoms with E-state index in [1.165, 1.54) is 18.5 Å². The first-order valence-corrected chi connectivity index (χ1v) is 5.71. The largest absolute Gasteiger partial charge is 0.462 e. The topological polar surface area (TPSA) is 87.3 Å². The third kappa shape index (κ3) is 3.19. The van der Waals surface area contributed by atoms with E-state index in [1.807, 2.05) is 0 Å². The molecule has 0 unspecified atom stereocenters. The highest BCUT2D eigenvalue weighted by Gasteiger charge is 2.15. The average molecular weight is 259 g/mol. The molecule has 0 aliphatic rings. The number of hydrogen-bond acceptors (Lipinski definition) is 6. The molecule has 2 aromatic rings. The van der Waals surface area contributed by atoms with Gasteiger partial charge in [0, 0.05) is 6.20 Å². The van der Waals surface area contributed by atoms with E-state index >= 15 is 0 Å². The van der Waals surface area contributed by atoms with Crippen molar-refractivity contribution in [1.29, 1.82) is 0 Å². The quantitative estimate of drug-likeness (QED) is 0.845. The summed E-state index contributed by atoms with van der Waals surface area (Å²) in [6, 6.07) is 4.87. The van der Waals surface area contributed by atoms with Gasteiger partial charge >= 0.3 is 5.97 Å². The summed E-state index contributed by atoms with van der Waals surface area (Å²) in [5, 5.41) is 0. The number of rotatable bonds is 4. The zero-order valence-corrected chi connectivity index (χ0v) is 10.4. The van der Waals surface area contributed by atoms with Crippen LogP contribution in [0.5, 0.6) is 11.5 Å². The van der Waals surface area contributed by atoms with Crippen LogP contribution in [0.25, 0.3) is 0 Å². The van der Waals surface area contributed by atoms with Gasteiger partial charge in [0.05, 0.1) is 19.0 Å². The zero-order valence-electron chi connectivity index (χ0n) is 10.4. The Morgan fingerprint density at radius 1 is 1.42 bits per heavy atom. The van der Waals surface area contributed by atoms with E-state index in [4.69, 9.17) is 15.2 Å². The maximum absolute atomic E-state index is 11.8. The number of carbonyl (C=O) groups is 1. The standard InChI is InChI=1S/C13H13N3O3/c1-2-18-13(17)10-6-12(14)16-8-11(10)19-9-4-3-5-15-7-9/h3-8H,2H2,1H3,(H2,14,16). The van der Waals surface area contributed by atoms with Crippen molar-refractivity contribution < 1.29 is 14.3 Å². The second kappa shape index (κ2) is 5.81. The van der Waals surface area contributed by atoms with Gasteiger partial charge in [-0.25, -0.2) is 9.78 Å². The van der Waals surface area contributed by atoms with Gasteiger partial charge in [-0.15, -0.1) is 0 Å². The molecule has 0 amide bonds. The highest BCUT2D eigenvalue weighted by Crippen LogP contribution is 2.25. The van der Waals surface area contributed by atoms with Crippen LogP contribution >= 0.6 is 0 Å². The molecule has 0 aliphatic carbocycles. The Bertz CT molecular complexity index is 573. The van der Waals surface area contributed by atoms with E-state index in [0.29, 0.717) is 5.75 Å². The summed E-state index contributed by atoms with van der Waals surface area (Å²) >= 11 is 0. The highest BCUT2D eigenvalue weighted by molar-refractivity contribution is 5.93. The lowest BCUT2D eigenvalue weighted by molar-refractivity contribution is 0.0523. The first-order valence-electron chi connectivity index (χ1n) is 5.71. The summed E-state index contributed by atoms with van der Waals surface area (Å²) in [5.74, 6) is 0.498. The first kappa shape index (κ1) is 12.8. The third-order valence-electron chi connectivity index (χ3n) is 2.25. The Labute approximate surface area is 110 Å². The van der Waals surface area contributed by atoms with Crippen LogP contribution in [0.3, 0.4) is 0 Å². The summed E-state index contributed by atoms with van der Waals surface area (Å²) < 4.78 is 10.5. The second-order valence-corrected chi connectivity index (χ2v) is 3.62. The number of esters is 1. The number of carbonyl (C=O) groups excluding carboxylic acids is 1. The van der Waals surface area contributed by atoms with Crippen molar-refractivity contribution in [1.82, 2.24) is 9.97 Å². The molecule has 2 aromatic heterocycles. The van der Waals surface area contributed by atoms with Gasteiger partial charge in [-0.2, -0.15) is 0 Å². The minimum atomic E-state index is -0.504. The molecule has 19 heavy (non-hydrogen) atoms. The molecule has 0 bridgehead atoms. The first-order chi connectivity index (χ1) is 9.20. The van der Waals surface area contributed by atoms with Crippen LogP contribution in [0.2, 0.25) is 0 Å². The van der Waals surface area contributed by atoms with Crippen LogP contribution in [-0.4, -0.2) is 22.5 Å². The Balaban J connectivity index is 2.32. The molecule has 0 fully saturated rings. The normalized spacial score (nSPS) is 9.95. The molecular formula is C13H13N3O3. The van der Waals surface area contributed by atoms with Gasteiger partial charge in [0.2, 0.25) is 0 Å². The van der Waals surface area contributed by atoms with E-state index < -0.39 is 5.97 Å². The lowest BCUT2D eigenvalue weighted by atomic mass is 10.2. The number of aromatic nitrogens is 2. The maximum atomic E-state index is 11.8. The van der Waals surface area contributed by atoms with Crippen LogP contribution in [0.15, 0.2) is 36.8 Å². The van der Waals surface area contributed by atoms with Gasteiger partial charge in [0.1, 0.15) is 17.1 Å². The SMILES string of the molecule is CCOC(=O)c1cc(N)ncc1Oc1cccnc1. The zero-order chi connectivity index (χ0) is 13.7. The van der Waals surface area contributed by atoms with Crippen molar-refractivity contribution in [2.24, 2.45) is 0 Å². The van der Waals surface area contributed by atoms with Crippen LogP contribution in [0.4, 0.5) is 5.82 Å². The van der Waals surface area contributed by atoms with Gasteiger partial charge < -0.3 is 15.2 Å². The van der Waals surface area contributed by atoms with Gasteiger partial charge in [-0.05, 0) is 25.1 Å². The summed E-state index contributed by atoms with van der Waals surface area (Å²) in [5.41, 5.74) is 5.80. The van der Waals surface area contributed by atoms with Crippen LogP contribution < -0.4 is 10.5 Å². The number of nitrogens with zero attached hydrogens (tertiary/aromatic N) is 2. The summed E-state index contributed by atoms with van der Waals surface area (Å²) in [6.07, 6.45) is 4.54. The third-order valence-corrected chi connectivity index (χ3v) is 2.25. The van der Waals surface area contributed by atoms with Crippen molar-refractivity contribution in [2.45, 2.75) is 6.92 Å². The second-order valence-electron chi connectivity index (χ2n) is 3.62. The molecule has 2 N–H and O–H groups in total. The number of hydrogen-bond donors (Lipinski definition) is 1. The molecule has 0 aromatic carbocycles. The molecule has 98 valence electrons. The number of nitrogens with two attached hydrogens (primary N) is 1. The minimum absolute atomic E-state index is 0.224. The van der Waals surface area contributed by atoms with Crippen molar-refractivity contribution in [3.8, 4) is 11.5 Å². The highest BCUT2D eigenvalue weighted by atomic mass is 16.5. The van der Waals surface area contributed by atoms with Gasteiger partial charge in [-0.1, -0.05) is 0 Å². The Morgan fingerprint density at radius 3 is 2.95 bits per heavy atom. The smallest absolute Gasteiger partial charge is 0.342 e. The van der Waals surface area contributed by atoms with E-state index in [-0.39, 0.29) is 23.7 Å². The Morgan fingerprint density at radius 2 is 2.26 bits per heavy atom. The number of pyridine rings is 2. The lowest BCUT2D eigenvalue weighted by Crippen LogP contribution is -2.08. The Kier molecular flexibility index (Phi) is 3.92. The molecular weight excluding hydrogens is 246 g/mol. The molecule has 2 rings (SSSR count). The molecule has 6 nitrogen and oxygen atoms in total.